The number of hydrogen-bond donors (Lipinski definition) is 2. The summed E-state index contributed by atoms with van der Waals surface area (Å²) in [5.41, 5.74) is 3.52. The first-order chi connectivity index (χ1) is 15.0. The first kappa shape index (κ1) is 22.2. The minimum Gasteiger partial charge on any atom is -0.480 e. The van der Waals surface area contributed by atoms with E-state index in [1.165, 1.54) is 0 Å². The molecule has 6 heteroatoms. The summed E-state index contributed by atoms with van der Waals surface area (Å²) in [5, 5.41) is 9.92. The highest BCUT2D eigenvalue weighted by Gasteiger charge is 2.37. The van der Waals surface area contributed by atoms with E-state index in [0.717, 1.165) is 5.56 Å². The summed E-state index contributed by atoms with van der Waals surface area (Å²) in [7, 11) is 0. The van der Waals surface area contributed by atoms with Crippen molar-refractivity contribution in [1.82, 2.24) is 5.48 Å². The van der Waals surface area contributed by atoms with Crippen molar-refractivity contribution in [2.75, 3.05) is 0 Å². The van der Waals surface area contributed by atoms with Crippen molar-refractivity contribution in [3.05, 3.63) is 102 Å². The number of carbonyl (C=O) groups excluding carboxylic acids is 1. The lowest BCUT2D eigenvalue weighted by Gasteiger charge is -2.29. The third-order valence-corrected chi connectivity index (χ3v) is 4.99. The lowest BCUT2D eigenvalue weighted by Crippen LogP contribution is -2.53. The van der Waals surface area contributed by atoms with Crippen molar-refractivity contribution < 1.29 is 24.3 Å². The van der Waals surface area contributed by atoms with Gasteiger partial charge in [0.05, 0.1) is 12.2 Å². The quantitative estimate of drug-likeness (QED) is 0.288. The van der Waals surface area contributed by atoms with E-state index in [9.17, 15) is 14.7 Å². The van der Waals surface area contributed by atoms with Gasteiger partial charge in [-0.25, -0.2) is 4.79 Å². The molecule has 0 bridgehead atoms. The number of benzene rings is 3. The number of carbonyl (C=O) groups is 2. The first-order valence-corrected chi connectivity index (χ1v) is 10.0. The van der Waals surface area contributed by atoms with E-state index in [4.69, 9.17) is 9.57 Å². The molecule has 0 saturated heterocycles. The van der Waals surface area contributed by atoms with Crippen LogP contribution >= 0.6 is 0 Å². The molecule has 0 aliphatic rings. The van der Waals surface area contributed by atoms with Gasteiger partial charge in [0.25, 0.3) is 0 Å². The molecular formula is C25H25NO5. The molecule has 1 unspecified atom stereocenters. The molecule has 3 aromatic carbocycles. The summed E-state index contributed by atoms with van der Waals surface area (Å²) < 4.78 is 5.45. The second-order valence-electron chi connectivity index (χ2n) is 7.20. The highest BCUT2D eigenvalue weighted by atomic mass is 16.6. The van der Waals surface area contributed by atoms with Crippen LogP contribution in [0.3, 0.4) is 0 Å². The molecule has 31 heavy (non-hydrogen) atoms. The molecule has 0 amide bonds. The Morgan fingerprint density at radius 2 is 1.55 bits per heavy atom. The number of carboxylic acids is 1. The van der Waals surface area contributed by atoms with Gasteiger partial charge in [0.1, 0.15) is 11.3 Å². The van der Waals surface area contributed by atoms with Crippen molar-refractivity contribution in [1.29, 1.82) is 0 Å². The molecule has 0 aromatic heterocycles. The summed E-state index contributed by atoms with van der Waals surface area (Å²) in [6.45, 7) is 2.02. The lowest BCUT2D eigenvalue weighted by molar-refractivity contribution is -0.154. The average molecular weight is 419 g/mol. The Kier molecular flexibility index (Phi) is 7.54. The standard InChI is InChI=1S/C25H25NO5/c1-2-25(24(28)29,26-30-18-19-10-5-3-6-11-19)17-20-12-9-15-22(16-20)31-23(27)21-13-7-4-8-14-21/h3-16,26H,2,17-18H2,1H3,(H,28,29). The zero-order chi connectivity index (χ0) is 22.1. The Bertz CT molecular complexity index is 1010. The number of esters is 1. The van der Waals surface area contributed by atoms with Crippen molar-refractivity contribution in [3.8, 4) is 5.75 Å². The van der Waals surface area contributed by atoms with Crippen LogP contribution in [0.15, 0.2) is 84.9 Å². The van der Waals surface area contributed by atoms with E-state index < -0.39 is 17.5 Å². The molecule has 0 radical (unpaired) electrons. The highest BCUT2D eigenvalue weighted by Crippen LogP contribution is 2.23. The van der Waals surface area contributed by atoms with Crippen LogP contribution in [0.4, 0.5) is 0 Å². The van der Waals surface area contributed by atoms with Crippen LogP contribution in [0.2, 0.25) is 0 Å². The van der Waals surface area contributed by atoms with Crippen LogP contribution in [-0.4, -0.2) is 22.6 Å². The molecule has 160 valence electrons. The number of nitrogens with one attached hydrogen (secondary N) is 1. The molecule has 0 fully saturated rings. The van der Waals surface area contributed by atoms with Gasteiger partial charge in [-0.15, -0.1) is 0 Å². The van der Waals surface area contributed by atoms with Crippen molar-refractivity contribution in [3.63, 3.8) is 0 Å². The maximum atomic E-state index is 12.3. The van der Waals surface area contributed by atoms with Crippen LogP contribution in [0, 0.1) is 0 Å². The fourth-order valence-electron chi connectivity index (χ4n) is 3.14. The largest absolute Gasteiger partial charge is 0.480 e. The second-order valence-corrected chi connectivity index (χ2v) is 7.20. The van der Waals surface area contributed by atoms with Gasteiger partial charge in [-0.05, 0) is 41.8 Å². The van der Waals surface area contributed by atoms with E-state index in [2.05, 4.69) is 5.48 Å². The Hall–Kier alpha value is -3.48. The van der Waals surface area contributed by atoms with Gasteiger partial charge in [-0.1, -0.05) is 67.6 Å². The van der Waals surface area contributed by atoms with Gasteiger partial charge < -0.3 is 9.84 Å². The molecule has 0 heterocycles. The van der Waals surface area contributed by atoms with Crippen LogP contribution in [0.5, 0.6) is 5.75 Å². The summed E-state index contributed by atoms with van der Waals surface area (Å²) in [6.07, 6.45) is 0.454. The number of ether oxygens (including phenoxy) is 1. The summed E-state index contributed by atoms with van der Waals surface area (Å²) in [5.74, 6) is -1.14. The summed E-state index contributed by atoms with van der Waals surface area (Å²) in [6, 6.07) is 25.1. The van der Waals surface area contributed by atoms with Crippen LogP contribution in [0.1, 0.15) is 34.8 Å². The van der Waals surface area contributed by atoms with E-state index >= 15 is 0 Å². The molecule has 1 atom stereocenters. The van der Waals surface area contributed by atoms with Gasteiger partial charge in [0.2, 0.25) is 0 Å². The molecule has 3 rings (SSSR count). The summed E-state index contributed by atoms with van der Waals surface area (Å²) >= 11 is 0. The predicted octanol–water partition coefficient (Wildman–Crippen LogP) is 4.40. The Balaban J connectivity index is 1.70. The minimum atomic E-state index is -1.32. The summed E-state index contributed by atoms with van der Waals surface area (Å²) in [4.78, 5) is 30.0. The van der Waals surface area contributed by atoms with Gasteiger partial charge in [0, 0.05) is 6.42 Å². The molecule has 0 aliphatic carbocycles. The zero-order valence-corrected chi connectivity index (χ0v) is 17.3. The second kappa shape index (κ2) is 10.5. The van der Waals surface area contributed by atoms with Crippen LogP contribution in [0.25, 0.3) is 0 Å². The maximum absolute atomic E-state index is 12.3. The highest BCUT2D eigenvalue weighted by molar-refractivity contribution is 5.91. The van der Waals surface area contributed by atoms with E-state index in [0.29, 0.717) is 23.3 Å². The number of carboxylic acid groups (broad SMARTS) is 1. The number of hydrogen-bond acceptors (Lipinski definition) is 5. The fraction of sp³-hybridized carbons (Fsp3) is 0.200. The molecule has 0 spiro atoms. The van der Waals surface area contributed by atoms with Gasteiger partial charge in [-0.2, -0.15) is 5.48 Å². The van der Waals surface area contributed by atoms with Gasteiger partial charge in [-0.3, -0.25) is 9.63 Å². The third-order valence-electron chi connectivity index (χ3n) is 4.99. The van der Waals surface area contributed by atoms with E-state index in [1.54, 1.807) is 55.5 Å². The molecule has 3 aromatic rings. The number of aliphatic carboxylic acids is 1. The number of rotatable bonds is 10. The van der Waals surface area contributed by atoms with Gasteiger partial charge in [0.15, 0.2) is 0 Å². The Labute approximate surface area is 181 Å². The number of hydroxylamine groups is 1. The average Bonchev–Trinajstić information content (AvgIpc) is 2.79. The van der Waals surface area contributed by atoms with Crippen molar-refractivity contribution >= 4 is 11.9 Å². The Morgan fingerprint density at radius 3 is 2.19 bits per heavy atom. The minimum absolute atomic E-state index is 0.157. The first-order valence-electron chi connectivity index (χ1n) is 10.0. The Morgan fingerprint density at radius 1 is 0.903 bits per heavy atom. The topological polar surface area (TPSA) is 84.9 Å². The predicted molar refractivity (Wildman–Crippen MR) is 117 cm³/mol. The van der Waals surface area contributed by atoms with Crippen LogP contribution in [-0.2, 0) is 22.7 Å². The maximum Gasteiger partial charge on any atom is 0.343 e. The smallest absolute Gasteiger partial charge is 0.343 e. The lowest BCUT2D eigenvalue weighted by atomic mass is 9.89. The van der Waals surface area contributed by atoms with Crippen molar-refractivity contribution in [2.45, 2.75) is 31.9 Å². The van der Waals surface area contributed by atoms with E-state index in [-0.39, 0.29) is 13.0 Å². The van der Waals surface area contributed by atoms with Crippen LogP contribution < -0.4 is 10.2 Å². The fourth-order valence-corrected chi connectivity index (χ4v) is 3.14. The molecule has 2 N–H and O–H groups in total. The van der Waals surface area contributed by atoms with E-state index in [1.807, 2.05) is 36.4 Å². The third kappa shape index (κ3) is 6.01. The molecule has 0 aliphatic heterocycles. The monoisotopic (exact) mass is 419 g/mol. The zero-order valence-electron chi connectivity index (χ0n) is 17.3. The molecule has 0 saturated carbocycles. The molecular weight excluding hydrogens is 394 g/mol. The SMILES string of the molecule is CCC(Cc1cccc(OC(=O)c2ccccc2)c1)(NOCc1ccccc1)C(=O)O. The van der Waals surface area contributed by atoms with Crippen molar-refractivity contribution in [2.24, 2.45) is 0 Å². The van der Waals surface area contributed by atoms with Gasteiger partial charge >= 0.3 is 11.9 Å². The normalized spacial score (nSPS) is 12.7. The molecule has 6 nitrogen and oxygen atoms in total.